The van der Waals surface area contributed by atoms with E-state index in [0.717, 1.165) is 19.3 Å². The Morgan fingerprint density at radius 1 is 1.24 bits per heavy atom. The molecule has 0 unspecified atom stereocenters. The van der Waals surface area contributed by atoms with Gasteiger partial charge in [0.1, 0.15) is 4.90 Å². The third-order valence-electron chi connectivity index (χ3n) is 3.09. The summed E-state index contributed by atoms with van der Waals surface area (Å²) in [6.45, 7) is 4.81. The van der Waals surface area contributed by atoms with E-state index in [4.69, 9.17) is 28.9 Å². The Morgan fingerprint density at radius 2 is 1.90 bits per heavy atom. The van der Waals surface area contributed by atoms with Crippen LogP contribution in [0.2, 0.25) is 10.0 Å². The minimum Gasteiger partial charge on any atom is -0.326 e. The van der Waals surface area contributed by atoms with E-state index in [-0.39, 0.29) is 16.5 Å². The van der Waals surface area contributed by atoms with Crippen molar-refractivity contribution in [1.82, 2.24) is 4.72 Å². The average Bonchev–Trinajstić information content (AvgIpc) is 2.40. The molecular weight excluding hydrogens is 331 g/mol. The SMILES string of the molecule is CC(C)CCCCNS(=O)(=O)c1cc(Cl)cc(CN)c1Cl. The van der Waals surface area contributed by atoms with Crippen molar-refractivity contribution >= 4 is 33.2 Å². The third-order valence-corrected chi connectivity index (χ3v) is 5.35. The van der Waals surface area contributed by atoms with Gasteiger partial charge in [0, 0.05) is 18.1 Å². The monoisotopic (exact) mass is 352 g/mol. The van der Waals surface area contributed by atoms with Gasteiger partial charge in [-0.25, -0.2) is 13.1 Å². The number of nitrogens with two attached hydrogens (primary N) is 1. The van der Waals surface area contributed by atoms with E-state index in [2.05, 4.69) is 18.6 Å². The van der Waals surface area contributed by atoms with Crippen LogP contribution in [0.4, 0.5) is 0 Å². The van der Waals surface area contributed by atoms with E-state index in [1.54, 1.807) is 6.07 Å². The van der Waals surface area contributed by atoms with Crippen LogP contribution in [0, 0.1) is 5.92 Å². The molecule has 4 nitrogen and oxygen atoms in total. The maximum atomic E-state index is 12.3. The fraction of sp³-hybridized carbons (Fsp3) is 0.571. The molecule has 0 bridgehead atoms. The Balaban J connectivity index is 2.77. The lowest BCUT2D eigenvalue weighted by atomic mass is 10.1. The number of unbranched alkanes of at least 4 members (excludes halogenated alkanes) is 1. The molecule has 0 aliphatic rings. The lowest BCUT2D eigenvalue weighted by molar-refractivity contribution is 0.530. The molecule has 0 saturated heterocycles. The molecule has 0 radical (unpaired) electrons. The topological polar surface area (TPSA) is 72.2 Å². The van der Waals surface area contributed by atoms with Crippen molar-refractivity contribution in [3.8, 4) is 0 Å². The number of hydrogen-bond acceptors (Lipinski definition) is 3. The van der Waals surface area contributed by atoms with Crippen LogP contribution in [0.25, 0.3) is 0 Å². The van der Waals surface area contributed by atoms with Crippen LogP contribution in [0.5, 0.6) is 0 Å². The van der Waals surface area contributed by atoms with Gasteiger partial charge < -0.3 is 5.73 Å². The van der Waals surface area contributed by atoms with E-state index >= 15 is 0 Å². The van der Waals surface area contributed by atoms with Crippen LogP contribution in [0.15, 0.2) is 17.0 Å². The summed E-state index contributed by atoms with van der Waals surface area (Å²) in [4.78, 5) is -0.0130. The van der Waals surface area contributed by atoms with Gasteiger partial charge in [0.2, 0.25) is 10.0 Å². The number of rotatable bonds is 8. The minimum absolute atomic E-state index is 0.0130. The first-order chi connectivity index (χ1) is 9.77. The standard InChI is InChI=1S/C14H22Cl2N2O2S/c1-10(2)5-3-4-6-18-21(19,20)13-8-12(15)7-11(9-17)14(13)16/h7-8,10,18H,3-6,9,17H2,1-2H3. The Kier molecular flexibility index (Phi) is 7.44. The molecule has 3 N–H and O–H groups in total. The first kappa shape index (κ1) is 18.7. The molecule has 1 aromatic carbocycles. The molecule has 0 heterocycles. The van der Waals surface area contributed by atoms with Crippen molar-refractivity contribution < 1.29 is 8.42 Å². The van der Waals surface area contributed by atoms with Gasteiger partial charge in [0.05, 0.1) is 5.02 Å². The molecule has 1 rings (SSSR count). The maximum absolute atomic E-state index is 12.3. The second kappa shape index (κ2) is 8.34. The first-order valence-electron chi connectivity index (χ1n) is 6.95. The summed E-state index contributed by atoms with van der Waals surface area (Å²) in [7, 11) is -3.67. The fourth-order valence-electron chi connectivity index (χ4n) is 1.92. The van der Waals surface area contributed by atoms with Crippen molar-refractivity contribution in [3.63, 3.8) is 0 Å². The van der Waals surface area contributed by atoms with Gasteiger partial charge in [-0.3, -0.25) is 0 Å². The molecule has 21 heavy (non-hydrogen) atoms. The van der Waals surface area contributed by atoms with Crippen LogP contribution in [-0.2, 0) is 16.6 Å². The molecule has 0 aliphatic heterocycles. The highest BCUT2D eigenvalue weighted by atomic mass is 35.5. The summed E-state index contributed by atoms with van der Waals surface area (Å²) >= 11 is 12.0. The highest BCUT2D eigenvalue weighted by Crippen LogP contribution is 2.29. The van der Waals surface area contributed by atoms with Crippen LogP contribution < -0.4 is 10.5 Å². The number of halogens is 2. The van der Waals surface area contributed by atoms with Gasteiger partial charge in [-0.2, -0.15) is 0 Å². The molecular formula is C14H22Cl2N2O2S. The third kappa shape index (κ3) is 5.75. The highest BCUT2D eigenvalue weighted by Gasteiger charge is 2.20. The molecule has 1 aromatic rings. The van der Waals surface area contributed by atoms with Crippen LogP contribution >= 0.6 is 23.2 Å². The van der Waals surface area contributed by atoms with Crippen LogP contribution in [-0.4, -0.2) is 15.0 Å². The van der Waals surface area contributed by atoms with Gasteiger partial charge in [0.25, 0.3) is 0 Å². The number of nitrogens with one attached hydrogen (secondary N) is 1. The summed E-state index contributed by atoms with van der Waals surface area (Å²) in [6, 6.07) is 2.92. The predicted molar refractivity (Wildman–Crippen MR) is 88.2 cm³/mol. The first-order valence-corrected chi connectivity index (χ1v) is 9.19. The fourth-order valence-corrected chi connectivity index (χ4v) is 3.94. The lowest BCUT2D eigenvalue weighted by Gasteiger charge is -2.12. The zero-order valence-corrected chi connectivity index (χ0v) is 14.7. The number of hydrogen-bond donors (Lipinski definition) is 2. The van der Waals surface area contributed by atoms with E-state index in [9.17, 15) is 8.42 Å². The van der Waals surface area contributed by atoms with Gasteiger partial charge in [-0.05, 0) is 30.0 Å². The largest absolute Gasteiger partial charge is 0.326 e. The minimum atomic E-state index is -3.67. The smallest absolute Gasteiger partial charge is 0.242 e. The second-order valence-electron chi connectivity index (χ2n) is 5.37. The van der Waals surface area contributed by atoms with Gasteiger partial charge in [-0.1, -0.05) is 49.9 Å². The molecule has 0 aromatic heterocycles. The summed E-state index contributed by atoms with van der Waals surface area (Å²) < 4.78 is 27.1. The van der Waals surface area contributed by atoms with Gasteiger partial charge >= 0.3 is 0 Å². The zero-order valence-electron chi connectivity index (χ0n) is 12.3. The highest BCUT2D eigenvalue weighted by molar-refractivity contribution is 7.89. The van der Waals surface area contributed by atoms with Crippen LogP contribution in [0.1, 0.15) is 38.7 Å². The Bertz CT molecular complexity index is 575. The Morgan fingerprint density at radius 3 is 2.48 bits per heavy atom. The van der Waals surface area contributed by atoms with Crippen molar-refractivity contribution in [2.45, 2.75) is 44.6 Å². The number of sulfonamides is 1. The quantitative estimate of drug-likeness (QED) is 0.702. The van der Waals surface area contributed by atoms with E-state index in [1.165, 1.54) is 6.07 Å². The normalized spacial score (nSPS) is 12.1. The molecule has 0 amide bonds. The van der Waals surface area contributed by atoms with E-state index in [1.807, 2.05) is 0 Å². The molecule has 0 saturated carbocycles. The van der Waals surface area contributed by atoms with Gasteiger partial charge in [0.15, 0.2) is 0 Å². The summed E-state index contributed by atoms with van der Waals surface area (Å²) in [5.74, 6) is 0.621. The molecule has 120 valence electrons. The lowest BCUT2D eigenvalue weighted by Crippen LogP contribution is -2.25. The summed E-state index contributed by atoms with van der Waals surface area (Å²) in [6.07, 6.45) is 2.85. The van der Waals surface area contributed by atoms with Gasteiger partial charge in [-0.15, -0.1) is 0 Å². The molecule has 0 fully saturated rings. The van der Waals surface area contributed by atoms with Crippen molar-refractivity contribution in [1.29, 1.82) is 0 Å². The van der Waals surface area contributed by atoms with Crippen molar-refractivity contribution in [3.05, 3.63) is 27.7 Å². The summed E-state index contributed by atoms with van der Waals surface area (Å²) in [5.41, 5.74) is 6.06. The van der Waals surface area contributed by atoms with Crippen molar-refractivity contribution in [2.75, 3.05) is 6.54 Å². The Labute approximate surface area is 137 Å². The predicted octanol–water partition coefficient (Wildman–Crippen LogP) is 3.56. The molecule has 7 heteroatoms. The molecule has 0 aliphatic carbocycles. The van der Waals surface area contributed by atoms with E-state index < -0.39 is 10.0 Å². The zero-order chi connectivity index (χ0) is 16.0. The Hall–Kier alpha value is -0.330. The maximum Gasteiger partial charge on any atom is 0.242 e. The van der Waals surface area contributed by atoms with E-state index in [0.29, 0.717) is 23.0 Å². The number of benzene rings is 1. The second-order valence-corrected chi connectivity index (χ2v) is 7.92. The van der Waals surface area contributed by atoms with Crippen LogP contribution in [0.3, 0.4) is 0 Å². The van der Waals surface area contributed by atoms with Crippen molar-refractivity contribution in [2.24, 2.45) is 11.7 Å². The molecule has 0 atom stereocenters. The summed E-state index contributed by atoms with van der Waals surface area (Å²) in [5, 5.41) is 0.441. The molecule has 0 spiro atoms. The average molecular weight is 353 g/mol.